The molecule has 2 heteroatoms. The van der Waals surface area contributed by atoms with E-state index in [4.69, 9.17) is 11.6 Å². The molecule has 0 nitrogen and oxygen atoms in total. The molecule has 0 saturated heterocycles. The van der Waals surface area contributed by atoms with E-state index in [1.165, 1.54) is 27.6 Å². The van der Waals surface area contributed by atoms with Crippen LogP contribution in [0.4, 0.5) is 0 Å². The second kappa shape index (κ2) is 4.10. The topological polar surface area (TPSA) is 0 Å². The van der Waals surface area contributed by atoms with Gasteiger partial charge in [-0.05, 0) is 54.9 Å². The lowest BCUT2D eigenvalue weighted by molar-refractivity contribution is 0.718. The standard InChI is InChI=1S/C13H16BrCl/c1-7-4-10(7)13(15)11-5-9(3)12(14)6-8(11)2/h5-7,10,13H,4H2,1-3H3. The van der Waals surface area contributed by atoms with Gasteiger partial charge in [0.15, 0.2) is 0 Å². The van der Waals surface area contributed by atoms with E-state index in [9.17, 15) is 0 Å². The summed E-state index contributed by atoms with van der Waals surface area (Å²) in [6.45, 7) is 6.54. The summed E-state index contributed by atoms with van der Waals surface area (Å²) in [5.74, 6) is 1.49. The van der Waals surface area contributed by atoms with Gasteiger partial charge in [0.1, 0.15) is 0 Å². The molecule has 0 radical (unpaired) electrons. The largest absolute Gasteiger partial charge is 0.118 e. The molecule has 3 atom stereocenters. The van der Waals surface area contributed by atoms with Crippen molar-refractivity contribution in [2.75, 3.05) is 0 Å². The average Bonchev–Trinajstić information content (AvgIpc) is 2.88. The SMILES string of the molecule is Cc1cc(C(Cl)C2CC2C)c(C)cc1Br. The van der Waals surface area contributed by atoms with E-state index in [1.54, 1.807) is 0 Å². The lowest BCUT2D eigenvalue weighted by atomic mass is 9.99. The molecule has 1 aliphatic rings. The first-order valence-electron chi connectivity index (χ1n) is 5.41. The fraction of sp³-hybridized carbons (Fsp3) is 0.538. The number of benzene rings is 1. The fourth-order valence-corrected chi connectivity index (χ4v) is 3.13. The third-order valence-corrected chi connectivity index (χ3v) is 4.81. The molecule has 2 rings (SSSR count). The molecule has 15 heavy (non-hydrogen) atoms. The zero-order chi connectivity index (χ0) is 11.2. The maximum absolute atomic E-state index is 6.51. The Morgan fingerprint density at radius 3 is 2.47 bits per heavy atom. The van der Waals surface area contributed by atoms with E-state index in [2.05, 4.69) is 48.8 Å². The summed E-state index contributed by atoms with van der Waals surface area (Å²) in [6.07, 6.45) is 1.28. The lowest BCUT2D eigenvalue weighted by Crippen LogP contribution is -1.98. The minimum absolute atomic E-state index is 0.201. The number of rotatable bonds is 2. The first kappa shape index (κ1) is 11.5. The van der Waals surface area contributed by atoms with Gasteiger partial charge in [0.2, 0.25) is 0 Å². The lowest BCUT2D eigenvalue weighted by Gasteiger charge is -2.14. The van der Waals surface area contributed by atoms with Crippen LogP contribution in [-0.2, 0) is 0 Å². The number of hydrogen-bond donors (Lipinski definition) is 0. The van der Waals surface area contributed by atoms with Crippen LogP contribution in [0.15, 0.2) is 16.6 Å². The number of alkyl halides is 1. The van der Waals surface area contributed by atoms with Gasteiger partial charge in [-0.3, -0.25) is 0 Å². The third kappa shape index (κ3) is 2.24. The molecule has 0 N–H and O–H groups in total. The van der Waals surface area contributed by atoms with Crippen LogP contribution >= 0.6 is 27.5 Å². The summed E-state index contributed by atoms with van der Waals surface area (Å²) in [4.78, 5) is 0. The zero-order valence-corrected chi connectivity index (χ0v) is 11.7. The second-order valence-electron chi connectivity index (χ2n) is 4.74. The van der Waals surface area contributed by atoms with Gasteiger partial charge in [-0.15, -0.1) is 11.6 Å². The van der Waals surface area contributed by atoms with Crippen LogP contribution in [0.5, 0.6) is 0 Å². The monoisotopic (exact) mass is 286 g/mol. The Morgan fingerprint density at radius 1 is 1.33 bits per heavy atom. The van der Waals surface area contributed by atoms with Gasteiger partial charge >= 0.3 is 0 Å². The van der Waals surface area contributed by atoms with E-state index >= 15 is 0 Å². The van der Waals surface area contributed by atoms with Crippen molar-refractivity contribution >= 4 is 27.5 Å². The predicted molar refractivity (Wildman–Crippen MR) is 69.5 cm³/mol. The molecule has 0 bridgehead atoms. The number of hydrogen-bond acceptors (Lipinski definition) is 0. The van der Waals surface area contributed by atoms with E-state index in [1.807, 2.05) is 0 Å². The average molecular weight is 288 g/mol. The van der Waals surface area contributed by atoms with Crippen LogP contribution in [0, 0.1) is 25.7 Å². The highest BCUT2D eigenvalue weighted by atomic mass is 79.9. The molecule has 1 aliphatic carbocycles. The Labute approximate surface area is 105 Å². The molecule has 1 fully saturated rings. The molecule has 0 amide bonds. The van der Waals surface area contributed by atoms with Crippen LogP contribution in [-0.4, -0.2) is 0 Å². The Bertz CT molecular complexity index is 386. The molecular weight excluding hydrogens is 272 g/mol. The zero-order valence-electron chi connectivity index (χ0n) is 9.35. The van der Waals surface area contributed by atoms with Crippen molar-refractivity contribution in [3.05, 3.63) is 33.3 Å². The molecule has 0 aromatic heterocycles. The predicted octanol–water partition coefficient (Wildman–Crippen LogP) is 5.00. The number of halogens is 2. The second-order valence-corrected chi connectivity index (χ2v) is 6.06. The van der Waals surface area contributed by atoms with Crippen molar-refractivity contribution < 1.29 is 0 Å². The third-order valence-electron chi connectivity index (χ3n) is 3.39. The van der Waals surface area contributed by atoms with Crippen LogP contribution in [0.25, 0.3) is 0 Å². The molecule has 1 aromatic rings. The van der Waals surface area contributed by atoms with E-state index in [-0.39, 0.29) is 5.38 Å². The summed E-state index contributed by atoms with van der Waals surface area (Å²) >= 11 is 10.1. The highest BCUT2D eigenvalue weighted by Gasteiger charge is 2.39. The molecular formula is C13H16BrCl. The maximum atomic E-state index is 6.51. The van der Waals surface area contributed by atoms with E-state index in [0.29, 0.717) is 5.92 Å². The normalized spacial score (nSPS) is 26.5. The number of aryl methyl sites for hydroxylation is 2. The van der Waals surface area contributed by atoms with Gasteiger partial charge in [-0.2, -0.15) is 0 Å². The van der Waals surface area contributed by atoms with Crippen LogP contribution in [0.3, 0.4) is 0 Å². The summed E-state index contributed by atoms with van der Waals surface area (Å²) in [6, 6.07) is 4.40. The first-order valence-corrected chi connectivity index (χ1v) is 6.64. The Kier molecular flexibility index (Phi) is 3.14. The van der Waals surface area contributed by atoms with Gasteiger partial charge in [0.25, 0.3) is 0 Å². The summed E-state index contributed by atoms with van der Waals surface area (Å²) in [7, 11) is 0. The molecule has 0 spiro atoms. The Morgan fingerprint density at radius 2 is 1.93 bits per heavy atom. The minimum atomic E-state index is 0.201. The quantitative estimate of drug-likeness (QED) is 0.671. The van der Waals surface area contributed by atoms with Crippen molar-refractivity contribution in [1.82, 2.24) is 0 Å². The highest BCUT2D eigenvalue weighted by molar-refractivity contribution is 9.10. The molecule has 3 unspecified atom stereocenters. The molecule has 0 aliphatic heterocycles. The van der Waals surface area contributed by atoms with Gasteiger partial charge in [0, 0.05) is 4.47 Å². The summed E-state index contributed by atoms with van der Waals surface area (Å²) in [5.41, 5.74) is 3.88. The molecule has 1 saturated carbocycles. The molecule has 0 heterocycles. The van der Waals surface area contributed by atoms with Crippen LogP contribution in [0.1, 0.15) is 35.4 Å². The van der Waals surface area contributed by atoms with Crippen molar-refractivity contribution in [2.45, 2.75) is 32.6 Å². The minimum Gasteiger partial charge on any atom is -0.118 e. The van der Waals surface area contributed by atoms with Crippen molar-refractivity contribution in [3.8, 4) is 0 Å². The molecule has 82 valence electrons. The van der Waals surface area contributed by atoms with Crippen molar-refractivity contribution in [2.24, 2.45) is 11.8 Å². The van der Waals surface area contributed by atoms with Gasteiger partial charge < -0.3 is 0 Å². The maximum Gasteiger partial charge on any atom is 0.0618 e. The first-order chi connectivity index (χ1) is 7.00. The Hall–Kier alpha value is -0.0100. The summed E-state index contributed by atoms with van der Waals surface area (Å²) in [5, 5.41) is 0.201. The highest BCUT2D eigenvalue weighted by Crippen LogP contribution is 2.51. The smallest absolute Gasteiger partial charge is 0.0618 e. The van der Waals surface area contributed by atoms with Crippen LogP contribution < -0.4 is 0 Å². The van der Waals surface area contributed by atoms with Crippen LogP contribution in [0.2, 0.25) is 0 Å². The summed E-state index contributed by atoms with van der Waals surface area (Å²) < 4.78 is 1.18. The van der Waals surface area contributed by atoms with Gasteiger partial charge in [-0.25, -0.2) is 0 Å². The van der Waals surface area contributed by atoms with Crippen molar-refractivity contribution in [1.29, 1.82) is 0 Å². The van der Waals surface area contributed by atoms with Gasteiger partial charge in [0.05, 0.1) is 5.38 Å². The van der Waals surface area contributed by atoms with Crippen molar-refractivity contribution in [3.63, 3.8) is 0 Å². The van der Waals surface area contributed by atoms with E-state index < -0.39 is 0 Å². The Balaban J connectivity index is 2.31. The van der Waals surface area contributed by atoms with E-state index in [0.717, 1.165) is 5.92 Å². The fourth-order valence-electron chi connectivity index (χ4n) is 2.09. The van der Waals surface area contributed by atoms with Gasteiger partial charge in [-0.1, -0.05) is 28.9 Å². The molecule has 1 aromatic carbocycles.